The minimum atomic E-state index is -0.462. The Morgan fingerprint density at radius 3 is 2.52 bits per heavy atom. The Morgan fingerprint density at radius 1 is 1.06 bits per heavy atom. The summed E-state index contributed by atoms with van der Waals surface area (Å²) in [5, 5.41) is 14.5. The maximum atomic E-state index is 12.2. The Kier molecular flexibility index (Phi) is 8.90. The average molecular weight is 445 g/mol. The van der Waals surface area contributed by atoms with Gasteiger partial charge >= 0.3 is 6.03 Å². The smallest absolute Gasteiger partial charge is 0.321 e. The lowest BCUT2D eigenvalue weighted by atomic mass is 10.1. The number of aromatic nitrogens is 3. The molecule has 3 amide bonds. The summed E-state index contributed by atoms with van der Waals surface area (Å²) in [6.07, 6.45) is 3.72. The van der Waals surface area contributed by atoms with Gasteiger partial charge in [0.15, 0.2) is 5.16 Å². The summed E-state index contributed by atoms with van der Waals surface area (Å²) in [6.45, 7) is 8.08. The lowest BCUT2D eigenvalue weighted by molar-refractivity contribution is -0.117. The Bertz CT molecular complexity index is 849. The Labute approximate surface area is 188 Å². The predicted octanol–water partition coefficient (Wildman–Crippen LogP) is 2.89. The second-order valence-electron chi connectivity index (χ2n) is 8.25. The number of hydrogen-bond donors (Lipinski definition) is 2. The van der Waals surface area contributed by atoms with Crippen molar-refractivity contribution in [2.45, 2.75) is 51.4 Å². The molecule has 8 nitrogen and oxygen atoms in total. The minimum absolute atomic E-state index is 0.103. The van der Waals surface area contributed by atoms with Crippen molar-refractivity contribution in [3.8, 4) is 0 Å². The van der Waals surface area contributed by atoms with E-state index >= 15 is 0 Å². The fourth-order valence-electron chi connectivity index (χ4n) is 3.42. The van der Waals surface area contributed by atoms with Crippen molar-refractivity contribution in [2.75, 3.05) is 25.4 Å². The van der Waals surface area contributed by atoms with E-state index in [0.717, 1.165) is 31.0 Å². The molecule has 1 aromatic heterocycles. The lowest BCUT2D eigenvalue weighted by Gasteiger charge is -2.26. The van der Waals surface area contributed by atoms with E-state index in [1.807, 2.05) is 32.0 Å². The zero-order valence-corrected chi connectivity index (χ0v) is 19.2. The molecule has 2 N–H and O–H groups in total. The van der Waals surface area contributed by atoms with Gasteiger partial charge in [-0.2, -0.15) is 0 Å². The zero-order chi connectivity index (χ0) is 22.1. The Morgan fingerprint density at radius 2 is 1.81 bits per heavy atom. The predicted molar refractivity (Wildman–Crippen MR) is 122 cm³/mol. The van der Waals surface area contributed by atoms with Crippen LogP contribution in [0.25, 0.3) is 0 Å². The van der Waals surface area contributed by atoms with Crippen LogP contribution in [-0.4, -0.2) is 57.0 Å². The molecule has 2 aromatic rings. The van der Waals surface area contributed by atoms with Gasteiger partial charge in [-0.3, -0.25) is 15.0 Å². The van der Waals surface area contributed by atoms with Crippen molar-refractivity contribution < 1.29 is 9.59 Å². The van der Waals surface area contributed by atoms with Crippen LogP contribution in [0.15, 0.2) is 35.5 Å². The summed E-state index contributed by atoms with van der Waals surface area (Å²) in [7, 11) is 0. The number of likely N-dealkylation sites (tertiary alicyclic amines) is 1. The number of nitrogens with zero attached hydrogens (tertiary/aromatic N) is 4. The van der Waals surface area contributed by atoms with Crippen LogP contribution in [0.1, 0.15) is 44.5 Å². The molecule has 2 heterocycles. The highest BCUT2D eigenvalue weighted by molar-refractivity contribution is 7.99. The van der Waals surface area contributed by atoms with Crippen molar-refractivity contribution in [1.82, 2.24) is 30.3 Å². The van der Waals surface area contributed by atoms with Crippen molar-refractivity contribution >= 4 is 23.7 Å². The monoisotopic (exact) mass is 444 g/mol. The number of benzene rings is 1. The molecule has 0 aliphatic carbocycles. The first-order chi connectivity index (χ1) is 15.0. The molecule has 0 saturated carbocycles. The number of urea groups is 1. The quantitative estimate of drug-likeness (QED) is 0.578. The topological polar surface area (TPSA) is 92.2 Å². The Hall–Kier alpha value is -2.39. The number of amides is 3. The van der Waals surface area contributed by atoms with Gasteiger partial charge in [-0.05, 0) is 37.4 Å². The SMILES string of the molecule is CC(C)CNC(=O)NC(=O)CSc1nnc(CN2CCCCC2)n1Cc1ccccc1. The fraction of sp³-hybridized carbons (Fsp3) is 0.545. The molecule has 0 spiro atoms. The maximum absolute atomic E-state index is 12.2. The van der Waals surface area contributed by atoms with Crippen LogP contribution in [-0.2, 0) is 17.9 Å². The van der Waals surface area contributed by atoms with Gasteiger partial charge in [0.25, 0.3) is 0 Å². The summed E-state index contributed by atoms with van der Waals surface area (Å²) in [5.74, 6) is 0.984. The first-order valence-corrected chi connectivity index (χ1v) is 11.9. The molecule has 9 heteroatoms. The molecule has 168 valence electrons. The zero-order valence-electron chi connectivity index (χ0n) is 18.3. The number of carbonyl (C=O) groups excluding carboxylic acids is 2. The summed E-state index contributed by atoms with van der Waals surface area (Å²) >= 11 is 1.30. The largest absolute Gasteiger partial charge is 0.338 e. The van der Waals surface area contributed by atoms with Crippen LogP contribution in [0.3, 0.4) is 0 Å². The van der Waals surface area contributed by atoms with Crippen molar-refractivity contribution in [3.63, 3.8) is 0 Å². The highest BCUT2D eigenvalue weighted by Gasteiger charge is 2.19. The first-order valence-electron chi connectivity index (χ1n) is 10.9. The third kappa shape index (κ3) is 7.66. The molecular weight excluding hydrogens is 412 g/mol. The number of hydrogen-bond acceptors (Lipinski definition) is 6. The second-order valence-corrected chi connectivity index (χ2v) is 9.19. The van der Waals surface area contributed by atoms with E-state index in [1.165, 1.54) is 31.0 Å². The van der Waals surface area contributed by atoms with Crippen LogP contribution >= 0.6 is 11.8 Å². The van der Waals surface area contributed by atoms with E-state index in [1.54, 1.807) is 0 Å². The first kappa shape index (κ1) is 23.3. The van der Waals surface area contributed by atoms with Gasteiger partial charge in [-0.1, -0.05) is 62.4 Å². The summed E-state index contributed by atoms with van der Waals surface area (Å²) in [5.41, 5.74) is 1.15. The van der Waals surface area contributed by atoms with E-state index in [-0.39, 0.29) is 11.7 Å². The highest BCUT2D eigenvalue weighted by Crippen LogP contribution is 2.21. The average Bonchev–Trinajstić information content (AvgIpc) is 3.13. The molecule has 1 aromatic carbocycles. The summed E-state index contributed by atoms with van der Waals surface area (Å²) in [4.78, 5) is 26.4. The number of nitrogens with one attached hydrogen (secondary N) is 2. The van der Waals surface area contributed by atoms with Gasteiger partial charge < -0.3 is 9.88 Å². The van der Waals surface area contributed by atoms with Gasteiger partial charge in [0.2, 0.25) is 5.91 Å². The molecule has 31 heavy (non-hydrogen) atoms. The van der Waals surface area contributed by atoms with Gasteiger partial charge in [0, 0.05) is 6.54 Å². The lowest BCUT2D eigenvalue weighted by Crippen LogP contribution is -2.41. The number of piperidine rings is 1. The summed E-state index contributed by atoms with van der Waals surface area (Å²) in [6, 6.07) is 9.71. The van der Waals surface area contributed by atoms with E-state index in [2.05, 4.69) is 42.4 Å². The number of rotatable bonds is 9. The van der Waals surface area contributed by atoms with E-state index in [9.17, 15) is 9.59 Å². The van der Waals surface area contributed by atoms with Gasteiger partial charge in [0.05, 0.1) is 18.8 Å². The third-order valence-electron chi connectivity index (χ3n) is 5.05. The van der Waals surface area contributed by atoms with Crippen LogP contribution in [0.4, 0.5) is 4.79 Å². The van der Waals surface area contributed by atoms with E-state index in [0.29, 0.717) is 24.2 Å². The molecule has 1 saturated heterocycles. The minimum Gasteiger partial charge on any atom is -0.338 e. The molecule has 0 bridgehead atoms. The molecule has 1 fully saturated rings. The van der Waals surface area contributed by atoms with Crippen LogP contribution < -0.4 is 10.6 Å². The molecular formula is C22H32N6O2S. The summed E-state index contributed by atoms with van der Waals surface area (Å²) < 4.78 is 2.08. The molecule has 1 aliphatic rings. The highest BCUT2D eigenvalue weighted by atomic mass is 32.2. The molecule has 0 unspecified atom stereocenters. The fourth-order valence-corrected chi connectivity index (χ4v) is 4.18. The number of imide groups is 1. The standard InChI is InChI=1S/C22H32N6O2S/c1-17(2)13-23-21(30)24-20(29)16-31-22-26-25-19(15-27-11-7-4-8-12-27)28(22)14-18-9-5-3-6-10-18/h3,5-6,9-10,17H,4,7-8,11-16H2,1-2H3,(H2,23,24,29,30). The third-order valence-corrected chi connectivity index (χ3v) is 6.01. The second kappa shape index (κ2) is 11.9. The van der Waals surface area contributed by atoms with Gasteiger partial charge in [-0.25, -0.2) is 4.79 Å². The van der Waals surface area contributed by atoms with Gasteiger partial charge in [-0.15, -0.1) is 10.2 Å². The number of thioether (sulfide) groups is 1. The van der Waals surface area contributed by atoms with Gasteiger partial charge in [0.1, 0.15) is 5.82 Å². The van der Waals surface area contributed by atoms with E-state index in [4.69, 9.17) is 0 Å². The van der Waals surface area contributed by atoms with Crippen molar-refractivity contribution in [3.05, 3.63) is 41.7 Å². The maximum Gasteiger partial charge on any atom is 0.321 e. The molecule has 1 aliphatic heterocycles. The molecule has 3 rings (SSSR count). The van der Waals surface area contributed by atoms with E-state index < -0.39 is 6.03 Å². The Balaban J connectivity index is 1.64. The van der Waals surface area contributed by atoms with Crippen LogP contribution in [0, 0.1) is 5.92 Å². The van der Waals surface area contributed by atoms with Crippen LogP contribution in [0.2, 0.25) is 0 Å². The van der Waals surface area contributed by atoms with Crippen molar-refractivity contribution in [1.29, 1.82) is 0 Å². The van der Waals surface area contributed by atoms with Crippen LogP contribution in [0.5, 0.6) is 0 Å². The molecule has 0 atom stereocenters. The number of carbonyl (C=O) groups is 2. The normalized spacial score (nSPS) is 14.5. The molecule has 0 radical (unpaired) electrons. The van der Waals surface area contributed by atoms with Crippen molar-refractivity contribution in [2.24, 2.45) is 5.92 Å².